The normalized spacial score (nSPS) is 9.60. The summed E-state index contributed by atoms with van der Waals surface area (Å²) in [6.45, 7) is 8.58. The summed E-state index contributed by atoms with van der Waals surface area (Å²) in [5.74, 6) is 0.676. The van der Waals surface area contributed by atoms with Gasteiger partial charge in [-0.05, 0) is 19.8 Å². The average molecular weight is 148 g/mol. The molecule has 0 aromatic carbocycles. The second-order valence-electron chi connectivity index (χ2n) is 2.94. The number of methoxy groups -OCH3 is 1. The summed E-state index contributed by atoms with van der Waals surface area (Å²) in [6.07, 6.45) is -0.167. The molecule has 0 aliphatic rings. The first-order valence-corrected chi connectivity index (χ1v) is 3.67. The van der Waals surface area contributed by atoms with E-state index >= 15 is 0 Å². The highest BCUT2D eigenvalue weighted by molar-refractivity contribution is 4.35. The van der Waals surface area contributed by atoms with Gasteiger partial charge in [0.25, 0.3) is 0 Å². The molecule has 64 valence electrons. The molecule has 0 unspecified atom stereocenters. The van der Waals surface area contributed by atoms with Crippen LogP contribution in [-0.4, -0.2) is 24.9 Å². The summed E-state index contributed by atoms with van der Waals surface area (Å²) in [4.78, 5) is 0. The van der Waals surface area contributed by atoms with Crippen LogP contribution in [0.15, 0.2) is 0 Å². The minimum atomic E-state index is -0.167. The van der Waals surface area contributed by atoms with Gasteiger partial charge in [0.15, 0.2) is 0 Å². The minimum absolute atomic E-state index is 0.167. The van der Waals surface area contributed by atoms with Gasteiger partial charge in [-0.25, -0.2) is 0 Å². The monoisotopic (exact) mass is 148 g/mol. The van der Waals surface area contributed by atoms with E-state index in [0.29, 0.717) is 5.92 Å². The predicted octanol–water partition coefficient (Wildman–Crippen LogP) is 1.68. The van der Waals surface area contributed by atoms with Crippen LogP contribution in [0.25, 0.3) is 0 Å². The molecule has 2 heteroatoms. The Kier molecular flexibility index (Phi) is 11.2. The molecular weight excluding hydrogens is 128 g/mol. The molecule has 0 saturated carbocycles. The van der Waals surface area contributed by atoms with Gasteiger partial charge in [0.05, 0.1) is 0 Å². The molecule has 0 heterocycles. The smallest absolute Gasteiger partial charge is 0.0485 e. The van der Waals surface area contributed by atoms with E-state index < -0.39 is 0 Å². The zero-order valence-electron chi connectivity index (χ0n) is 7.72. The van der Waals surface area contributed by atoms with Crippen molar-refractivity contribution in [1.29, 1.82) is 0 Å². The van der Waals surface area contributed by atoms with Crippen LogP contribution in [0.3, 0.4) is 0 Å². The first-order valence-electron chi connectivity index (χ1n) is 3.67. The van der Waals surface area contributed by atoms with E-state index in [0.717, 1.165) is 6.61 Å². The molecule has 10 heavy (non-hydrogen) atoms. The molecule has 0 bridgehead atoms. The van der Waals surface area contributed by atoms with Crippen molar-refractivity contribution >= 4 is 0 Å². The summed E-state index contributed by atoms with van der Waals surface area (Å²) in [5, 5.41) is 8.06. The van der Waals surface area contributed by atoms with Crippen LogP contribution in [0.4, 0.5) is 0 Å². The SMILES string of the molecule is CC(C)O.COCC(C)C. The zero-order valence-corrected chi connectivity index (χ0v) is 7.72. The summed E-state index contributed by atoms with van der Waals surface area (Å²) in [5.41, 5.74) is 0. The lowest BCUT2D eigenvalue weighted by molar-refractivity contribution is 0.167. The third kappa shape index (κ3) is 44.5. The highest BCUT2D eigenvalue weighted by Crippen LogP contribution is 1.88. The summed E-state index contributed by atoms with van der Waals surface area (Å²) in [6, 6.07) is 0. The highest BCUT2D eigenvalue weighted by Gasteiger charge is 1.85. The molecule has 0 radical (unpaired) electrons. The van der Waals surface area contributed by atoms with Crippen LogP contribution in [0, 0.1) is 5.92 Å². The van der Waals surface area contributed by atoms with Gasteiger partial charge in [-0.15, -0.1) is 0 Å². The Balaban J connectivity index is 0. The molecule has 1 N–H and O–H groups in total. The van der Waals surface area contributed by atoms with Crippen LogP contribution in [0.1, 0.15) is 27.7 Å². The number of ether oxygens (including phenoxy) is 1. The molecule has 0 fully saturated rings. The lowest BCUT2D eigenvalue weighted by Gasteiger charge is -1.97. The van der Waals surface area contributed by atoms with Crippen LogP contribution < -0.4 is 0 Å². The van der Waals surface area contributed by atoms with Gasteiger partial charge < -0.3 is 9.84 Å². The first-order chi connectivity index (χ1) is 4.50. The third-order valence-electron chi connectivity index (χ3n) is 0.500. The van der Waals surface area contributed by atoms with Gasteiger partial charge in [-0.2, -0.15) is 0 Å². The van der Waals surface area contributed by atoms with Crippen LogP contribution in [0.2, 0.25) is 0 Å². The topological polar surface area (TPSA) is 29.5 Å². The fourth-order valence-electron chi connectivity index (χ4n) is 0.333. The first kappa shape index (κ1) is 12.6. The van der Waals surface area contributed by atoms with Crippen molar-refractivity contribution in [3.8, 4) is 0 Å². The third-order valence-corrected chi connectivity index (χ3v) is 0.500. The Morgan fingerprint density at radius 2 is 1.50 bits per heavy atom. The molecule has 0 atom stereocenters. The van der Waals surface area contributed by atoms with Crippen molar-refractivity contribution < 1.29 is 9.84 Å². The zero-order chi connectivity index (χ0) is 8.57. The molecule has 2 nitrogen and oxygen atoms in total. The second kappa shape index (κ2) is 8.92. The lowest BCUT2D eigenvalue weighted by atomic mass is 10.2. The van der Waals surface area contributed by atoms with Crippen molar-refractivity contribution in [2.75, 3.05) is 13.7 Å². The molecule has 0 saturated heterocycles. The maximum absolute atomic E-state index is 8.06. The molecule has 0 spiro atoms. The Labute approximate surface area is 64.2 Å². The van der Waals surface area contributed by atoms with Crippen LogP contribution >= 0.6 is 0 Å². The summed E-state index contributed by atoms with van der Waals surface area (Å²) in [7, 11) is 1.72. The summed E-state index contributed by atoms with van der Waals surface area (Å²) >= 11 is 0. The minimum Gasteiger partial charge on any atom is -0.394 e. The van der Waals surface area contributed by atoms with Gasteiger partial charge in [-0.1, -0.05) is 13.8 Å². The van der Waals surface area contributed by atoms with Gasteiger partial charge in [0.1, 0.15) is 0 Å². The second-order valence-corrected chi connectivity index (χ2v) is 2.94. The molecule has 0 aliphatic carbocycles. The molecule has 0 aliphatic heterocycles. The molecular formula is C8H20O2. The van der Waals surface area contributed by atoms with E-state index in [1.807, 2.05) is 0 Å². The van der Waals surface area contributed by atoms with E-state index in [9.17, 15) is 0 Å². The van der Waals surface area contributed by atoms with Crippen molar-refractivity contribution in [3.63, 3.8) is 0 Å². The molecule has 0 amide bonds. The molecule has 0 aromatic rings. The summed E-state index contributed by atoms with van der Waals surface area (Å²) < 4.78 is 4.80. The van der Waals surface area contributed by atoms with E-state index in [1.54, 1.807) is 21.0 Å². The quantitative estimate of drug-likeness (QED) is 0.645. The maximum Gasteiger partial charge on any atom is 0.0485 e. The Morgan fingerprint density at radius 3 is 1.50 bits per heavy atom. The lowest BCUT2D eigenvalue weighted by Crippen LogP contribution is -1.96. The van der Waals surface area contributed by atoms with E-state index in [1.165, 1.54) is 0 Å². The molecule has 0 aromatic heterocycles. The maximum atomic E-state index is 8.06. The number of rotatable bonds is 2. The van der Waals surface area contributed by atoms with Crippen molar-refractivity contribution in [1.82, 2.24) is 0 Å². The average Bonchev–Trinajstić information content (AvgIpc) is 1.62. The van der Waals surface area contributed by atoms with E-state index in [2.05, 4.69) is 13.8 Å². The van der Waals surface area contributed by atoms with Crippen LogP contribution in [-0.2, 0) is 4.74 Å². The Hall–Kier alpha value is -0.0800. The number of aliphatic hydroxyl groups is 1. The van der Waals surface area contributed by atoms with Gasteiger partial charge in [-0.3, -0.25) is 0 Å². The van der Waals surface area contributed by atoms with Crippen LogP contribution in [0.5, 0.6) is 0 Å². The van der Waals surface area contributed by atoms with Crippen molar-refractivity contribution in [2.45, 2.75) is 33.8 Å². The van der Waals surface area contributed by atoms with Gasteiger partial charge in [0.2, 0.25) is 0 Å². The van der Waals surface area contributed by atoms with Gasteiger partial charge >= 0.3 is 0 Å². The van der Waals surface area contributed by atoms with Crippen molar-refractivity contribution in [3.05, 3.63) is 0 Å². The Bertz CT molecular complexity index is 48.5. The van der Waals surface area contributed by atoms with Gasteiger partial charge in [0, 0.05) is 19.8 Å². The number of aliphatic hydroxyl groups excluding tert-OH is 1. The molecule has 0 rings (SSSR count). The largest absolute Gasteiger partial charge is 0.394 e. The highest BCUT2D eigenvalue weighted by atomic mass is 16.5. The fraction of sp³-hybridized carbons (Fsp3) is 1.00. The number of hydrogen-bond donors (Lipinski definition) is 1. The standard InChI is InChI=1S/C5H12O.C3H8O/c1-5(2)4-6-3;1-3(2)4/h5H,4H2,1-3H3;3-4H,1-2H3. The Morgan fingerprint density at radius 1 is 1.20 bits per heavy atom. The fourth-order valence-corrected chi connectivity index (χ4v) is 0.333. The van der Waals surface area contributed by atoms with Crippen molar-refractivity contribution in [2.24, 2.45) is 5.92 Å². The van der Waals surface area contributed by atoms with E-state index in [-0.39, 0.29) is 6.10 Å². The number of hydrogen-bond acceptors (Lipinski definition) is 2. The predicted molar refractivity (Wildman–Crippen MR) is 44.1 cm³/mol. The van der Waals surface area contributed by atoms with E-state index in [4.69, 9.17) is 9.84 Å².